The van der Waals surface area contributed by atoms with Crippen molar-refractivity contribution in [3.8, 4) is 0 Å². The number of hydrogen-bond acceptors (Lipinski definition) is 5. The topological polar surface area (TPSA) is 76.4 Å². The summed E-state index contributed by atoms with van der Waals surface area (Å²) in [6.45, 7) is 4.43. The molecule has 0 aliphatic carbocycles. The Morgan fingerprint density at radius 3 is 2.82 bits per heavy atom. The number of hydrogen-bond donors (Lipinski definition) is 2. The van der Waals surface area contributed by atoms with Crippen LogP contribution in [0.4, 0.5) is 0 Å². The summed E-state index contributed by atoms with van der Waals surface area (Å²) in [6.07, 6.45) is 0. The number of carbonyl (C=O) groups excluding carboxylic acids is 1. The zero-order chi connectivity index (χ0) is 11.8. The monoisotopic (exact) mass is 263 g/mol. The van der Waals surface area contributed by atoms with E-state index in [9.17, 15) is 4.79 Å². The normalized spacial score (nSPS) is 9.76. The molecule has 0 fully saturated rings. The van der Waals surface area contributed by atoms with E-state index in [2.05, 4.69) is 15.8 Å². The van der Waals surface area contributed by atoms with Gasteiger partial charge in [-0.3, -0.25) is 4.79 Å². The molecular weight excluding hydrogens is 246 g/mol. The van der Waals surface area contributed by atoms with Gasteiger partial charge in [-0.25, -0.2) is 0 Å². The van der Waals surface area contributed by atoms with Crippen LogP contribution in [-0.2, 0) is 4.74 Å². The van der Waals surface area contributed by atoms with Gasteiger partial charge in [0.1, 0.15) is 5.76 Å². The Morgan fingerprint density at radius 1 is 1.47 bits per heavy atom. The lowest BCUT2D eigenvalue weighted by atomic mass is 10.3. The van der Waals surface area contributed by atoms with Crippen molar-refractivity contribution in [2.45, 2.75) is 6.92 Å². The second kappa shape index (κ2) is 8.98. The molecular formula is C10H18ClN3O3. The quantitative estimate of drug-likeness (QED) is 0.695. The number of carbonyl (C=O) groups is 1. The van der Waals surface area contributed by atoms with E-state index < -0.39 is 0 Å². The molecule has 1 rings (SSSR count). The van der Waals surface area contributed by atoms with Crippen LogP contribution in [0.2, 0.25) is 0 Å². The minimum atomic E-state index is -0.217. The molecule has 1 amide bonds. The number of halogens is 1. The number of rotatable bonds is 7. The summed E-state index contributed by atoms with van der Waals surface area (Å²) in [7, 11) is 1.65. The van der Waals surface area contributed by atoms with Crippen LogP contribution in [0.15, 0.2) is 10.6 Å². The molecule has 1 aromatic heterocycles. The van der Waals surface area contributed by atoms with Gasteiger partial charge in [-0.2, -0.15) is 0 Å². The van der Waals surface area contributed by atoms with Crippen molar-refractivity contribution in [2.75, 3.05) is 33.4 Å². The Balaban J connectivity index is 0.00000256. The van der Waals surface area contributed by atoms with E-state index in [0.29, 0.717) is 31.2 Å². The van der Waals surface area contributed by atoms with Crippen LogP contribution < -0.4 is 10.6 Å². The van der Waals surface area contributed by atoms with Gasteiger partial charge in [-0.05, 0) is 6.92 Å². The first kappa shape index (κ1) is 15.9. The Bertz CT molecular complexity index is 330. The van der Waals surface area contributed by atoms with Gasteiger partial charge in [0.2, 0.25) is 0 Å². The highest BCUT2D eigenvalue weighted by Gasteiger charge is 2.09. The zero-order valence-corrected chi connectivity index (χ0v) is 10.8. The van der Waals surface area contributed by atoms with Crippen LogP contribution >= 0.6 is 12.4 Å². The van der Waals surface area contributed by atoms with E-state index in [1.54, 1.807) is 20.1 Å². The summed E-state index contributed by atoms with van der Waals surface area (Å²) in [5.41, 5.74) is 0.314. The van der Waals surface area contributed by atoms with Crippen molar-refractivity contribution >= 4 is 18.3 Å². The van der Waals surface area contributed by atoms with Crippen molar-refractivity contribution in [1.82, 2.24) is 15.8 Å². The molecule has 0 atom stereocenters. The molecule has 7 heteroatoms. The Morgan fingerprint density at radius 2 is 2.24 bits per heavy atom. The molecule has 1 heterocycles. The highest BCUT2D eigenvalue weighted by molar-refractivity contribution is 5.92. The molecule has 0 aliphatic rings. The molecule has 2 N–H and O–H groups in total. The second-order valence-electron chi connectivity index (χ2n) is 3.32. The maximum atomic E-state index is 11.5. The number of nitrogens with one attached hydrogen (secondary N) is 2. The number of ether oxygens (including phenoxy) is 1. The molecule has 0 radical (unpaired) electrons. The fraction of sp³-hybridized carbons (Fsp3) is 0.600. The summed E-state index contributed by atoms with van der Waals surface area (Å²) in [5, 5.41) is 9.46. The molecule has 0 aliphatic heterocycles. The molecule has 17 heavy (non-hydrogen) atoms. The fourth-order valence-electron chi connectivity index (χ4n) is 1.13. The van der Waals surface area contributed by atoms with E-state index in [4.69, 9.17) is 9.26 Å². The predicted molar refractivity (Wildman–Crippen MR) is 65.6 cm³/mol. The van der Waals surface area contributed by atoms with Gasteiger partial charge >= 0.3 is 0 Å². The van der Waals surface area contributed by atoms with E-state index in [-0.39, 0.29) is 18.3 Å². The first-order valence-electron chi connectivity index (χ1n) is 5.15. The van der Waals surface area contributed by atoms with Crippen LogP contribution in [0.5, 0.6) is 0 Å². The lowest BCUT2D eigenvalue weighted by Crippen LogP contribution is -2.33. The van der Waals surface area contributed by atoms with E-state index in [1.165, 1.54) is 0 Å². The summed E-state index contributed by atoms with van der Waals surface area (Å²) < 4.78 is 9.67. The average molecular weight is 264 g/mol. The van der Waals surface area contributed by atoms with Crippen molar-refractivity contribution in [2.24, 2.45) is 0 Å². The molecule has 6 nitrogen and oxygen atoms in total. The first-order valence-corrected chi connectivity index (χ1v) is 5.15. The average Bonchev–Trinajstić information content (AvgIpc) is 2.70. The fourth-order valence-corrected chi connectivity index (χ4v) is 1.13. The van der Waals surface area contributed by atoms with Gasteiger partial charge in [0, 0.05) is 32.8 Å². The SMILES string of the molecule is COCCNCCNC(=O)c1cc(C)on1.Cl. The number of aryl methyl sites for hydroxylation is 1. The highest BCUT2D eigenvalue weighted by Crippen LogP contribution is 2.00. The van der Waals surface area contributed by atoms with E-state index in [0.717, 1.165) is 6.54 Å². The van der Waals surface area contributed by atoms with Crippen molar-refractivity contribution in [3.63, 3.8) is 0 Å². The lowest BCUT2D eigenvalue weighted by molar-refractivity contribution is 0.0944. The van der Waals surface area contributed by atoms with E-state index in [1.807, 2.05) is 0 Å². The minimum Gasteiger partial charge on any atom is -0.383 e. The van der Waals surface area contributed by atoms with Gasteiger partial charge in [0.15, 0.2) is 5.69 Å². The highest BCUT2D eigenvalue weighted by atomic mass is 35.5. The smallest absolute Gasteiger partial charge is 0.273 e. The number of methoxy groups -OCH3 is 1. The third-order valence-corrected chi connectivity index (χ3v) is 1.93. The molecule has 0 saturated heterocycles. The molecule has 0 bridgehead atoms. The van der Waals surface area contributed by atoms with Gasteiger partial charge in [-0.1, -0.05) is 5.16 Å². The largest absolute Gasteiger partial charge is 0.383 e. The molecule has 0 saturated carbocycles. The lowest BCUT2D eigenvalue weighted by Gasteiger charge is -2.04. The third-order valence-electron chi connectivity index (χ3n) is 1.93. The van der Waals surface area contributed by atoms with Gasteiger partial charge < -0.3 is 19.9 Å². The molecule has 0 aromatic carbocycles. The number of nitrogens with zero attached hydrogens (tertiary/aromatic N) is 1. The molecule has 1 aromatic rings. The maximum Gasteiger partial charge on any atom is 0.273 e. The van der Waals surface area contributed by atoms with Gasteiger partial charge in [0.05, 0.1) is 6.61 Å². The molecule has 0 spiro atoms. The maximum absolute atomic E-state index is 11.5. The summed E-state index contributed by atoms with van der Waals surface area (Å²) >= 11 is 0. The van der Waals surface area contributed by atoms with Crippen molar-refractivity contribution in [1.29, 1.82) is 0 Å². The number of amides is 1. The van der Waals surface area contributed by atoms with Crippen LogP contribution in [0, 0.1) is 6.92 Å². The Kier molecular flexibility index (Phi) is 8.39. The predicted octanol–water partition coefficient (Wildman–Crippen LogP) is 0.371. The van der Waals surface area contributed by atoms with Gasteiger partial charge in [0.25, 0.3) is 5.91 Å². The summed E-state index contributed by atoms with van der Waals surface area (Å²) in [5.74, 6) is 0.411. The summed E-state index contributed by atoms with van der Waals surface area (Å²) in [4.78, 5) is 11.5. The van der Waals surface area contributed by atoms with Crippen molar-refractivity contribution in [3.05, 3.63) is 17.5 Å². The minimum absolute atomic E-state index is 0. The standard InChI is InChI=1S/C10H17N3O3.ClH/c1-8-7-9(13-16-8)10(14)12-4-3-11-5-6-15-2;/h7,11H,3-6H2,1-2H3,(H,12,14);1H. The van der Waals surface area contributed by atoms with E-state index >= 15 is 0 Å². The molecule has 0 unspecified atom stereocenters. The number of aromatic nitrogens is 1. The Labute approximate surface area is 106 Å². The van der Waals surface area contributed by atoms with Crippen LogP contribution in [-0.4, -0.2) is 44.4 Å². The van der Waals surface area contributed by atoms with Crippen LogP contribution in [0.25, 0.3) is 0 Å². The van der Waals surface area contributed by atoms with Crippen molar-refractivity contribution < 1.29 is 14.1 Å². The third kappa shape index (κ3) is 6.25. The zero-order valence-electron chi connectivity index (χ0n) is 9.99. The van der Waals surface area contributed by atoms with Crippen LogP contribution in [0.1, 0.15) is 16.2 Å². The second-order valence-corrected chi connectivity index (χ2v) is 3.32. The van der Waals surface area contributed by atoms with Gasteiger partial charge in [-0.15, -0.1) is 12.4 Å². The first-order chi connectivity index (χ1) is 7.74. The molecule has 98 valence electrons. The summed E-state index contributed by atoms with van der Waals surface area (Å²) in [6, 6.07) is 1.60. The van der Waals surface area contributed by atoms with Crippen LogP contribution in [0.3, 0.4) is 0 Å². The Hall–Kier alpha value is -1.11.